The van der Waals surface area contributed by atoms with E-state index in [0.29, 0.717) is 6.42 Å². The highest BCUT2D eigenvalue weighted by Gasteiger charge is 2.38. The molecule has 1 aromatic rings. The number of likely N-dealkylation sites (N-methyl/N-ethyl adjacent to an activating group) is 1. The Balaban J connectivity index is 3.06. The second-order valence-electron chi connectivity index (χ2n) is 7.41. The molecule has 0 aromatic heterocycles. The fraction of sp³-hybridized carbons (Fsp3) is 0.550. The average molecular weight is 393 g/mol. The first-order valence-electron chi connectivity index (χ1n) is 9.34. The summed E-state index contributed by atoms with van der Waals surface area (Å²) in [6.07, 6.45) is 0.390. The topological polar surface area (TPSA) is 119 Å². The van der Waals surface area contributed by atoms with Gasteiger partial charge in [-0.1, -0.05) is 44.2 Å². The third kappa shape index (κ3) is 7.38. The molecule has 28 heavy (non-hydrogen) atoms. The summed E-state index contributed by atoms with van der Waals surface area (Å²) in [6, 6.07) is 7.14. The third-order valence-corrected chi connectivity index (χ3v) is 4.07. The molecule has 2 atom stereocenters. The summed E-state index contributed by atoms with van der Waals surface area (Å²) in [7, 11) is 3.47. The minimum atomic E-state index is -1.12. The van der Waals surface area contributed by atoms with E-state index in [1.54, 1.807) is 19.0 Å². The molecule has 0 saturated heterocycles. The predicted molar refractivity (Wildman–Crippen MR) is 107 cm³/mol. The van der Waals surface area contributed by atoms with Gasteiger partial charge >= 0.3 is 5.97 Å². The van der Waals surface area contributed by atoms with Crippen LogP contribution in [-0.2, 0) is 25.7 Å². The molecular weight excluding hydrogens is 360 g/mol. The number of amides is 2. The summed E-state index contributed by atoms with van der Waals surface area (Å²) in [5.74, 6) is -1.80. The molecule has 0 saturated carbocycles. The minimum Gasteiger partial charge on any atom is -0.459 e. The van der Waals surface area contributed by atoms with E-state index in [0.717, 1.165) is 10.5 Å². The number of nitrogens with zero attached hydrogens (tertiary/aromatic N) is 2. The van der Waals surface area contributed by atoms with E-state index in [1.807, 2.05) is 44.2 Å². The second kappa shape index (κ2) is 11.5. The van der Waals surface area contributed by atoms with Crippen molar-refractivity contribution < 1.29 is 19.1 Å². The lowest BCUT2D eigenvalue weighted by molar-refractivity contribution is -0.163. The quantitative estimate of drug-likeness (QED) is 0.551. The van der Waals surface area contributed by atoms with E-state index >= 15 is 0 Å². The molecule has 0 fully saturated rings. The van der Waals surface area contributed by atoms with Gasteiger partial charge in [0.1, 0.15) is 12.6 Å². The Kier molecular flexibility index (Phi) is 9.78. The molecule has 8 heteroatoms. The summed E-state index contributed by atoms with van der Waals surface area (Å²) in [5, 5.41) is 0. The van der Waals surface area contributed by atoms with Gasteiger partial charge in [-0.05, 0) is 32.0 Å². The van der Waals surface area contributed by atoms with Crippen LogP contribution in [0.4, 0.5) is 0 Å². The van der Waals surface area contributed by atoms with Crippen molar-refractivity contribution in [1.29, 1.82) is 0 Å². The van der Waals surface area contributed by atoms with Crippen LogP contribution in [0.5, 0.6) is 0 Å². The van der Waals surface area contributed by atoms with Crippen LogP contribution in [-0.4, -0.2) is 66.9 Å². The normalized spacial score (nSPS) is 13.3. The van der Waals surface area contributed by atoms with Crippen LogP contribution in [0.1, 0.15) is 25.8 Å². The van der Waals surface area contributed by atoms with E-state index < -0.39 is 36.4 Å². The van der Waals surface area contributed by atoms with E-state index in [4.69, 9.17) is 16.2 Å². The van der Waals surface area contributed by atoms with E-state index in [9.17, 15) is 14.4 Å². The minimum absolute atomic E-state index is 0.0422. The SMILES string of the molecule is CC(C)C[C@H](N)C(=O)N(C(=O)CN)C(CN(C)C)C(=O)OCc1ccccc1. The van der Waals surface area contributed by atoms with Crippen molar-refractivity contribution >= 4 is 17.8 Å². The maximum absolute atomic E-state index is 12.9. The number of ether oxygens (including phenoxy) is 1. The number of esters is 1. The molecule has 1 aromatic carbocycles. The number of hydrogen-bond acceptors (Lipinski definition) is 7. The van der Waals surface area contributed by atoms with Crippen molar-refractivity contribution in [2.45, 2.75) is 39.0 Å². The Bertz CT molecular complexity index is 649. The van der Waals surface area contributed by atoms with E-state index in [2.05, 4.69) is 0 Å². The van der Waals surface area contributed by atoms with Crippen LogP contribution in [0.25, 0.3) is 0 Å². The van der Waals surface area contributed by atoms with Gasteiger partial charge in [-0.3, -0.25) is 14.5 Å². The molecule has 0 bridgehead atoms. The molecule has 0 spiro atoms. The zero-order valence-electron chi connectivity index (χ0n) is 17.1. The lowest BCUT2D eigenvalue weighted by Gasteiger charge is -2.32. The van der Waals surface area contributed by atoms with Gasteiger partial charge in [0.2, 0.25) is 11.8 Å². The molecule has 4 N–H and O–H groups in total. The third-order valence-electron chi connectivity index (χ3n) is 4.07. The zero-order valence-corrected chi connectivity index (χ0v) is 17.1. The summed E-state index contributed by atoms with van der Waals surface area (Å²) >= 11 is 0. The number of hydrogen-bond donors (Lipinski definition) is 2. The largest absolute Gasteiger partial charge is 0.459 e. The zero-order chi connectivity index (χ0) is 21.3. The fourth-order valence-corrected chi connectivity index (χ4v) is 2.77. The summed E-state index contributed by atoms with van der Waals surface area (Å²) in [4.78, 5) is 40.7. The van der Waals surface area contributed by atoms with Crippen molar-refractivity contribution in [3.05, 3.63) is 35.9 Å². The van der Waals surface area contributed by atoms with Gasteiger partial charge in [0, 0.05) is 6.54 Å². The highest BCUT2D eigenvalue weighted by atomic mass is 16.5. The number of rotatable bonds is 10. The van der Waals surface area contributed by atoms with Crippen molar-refractivity contribution in [1.82, 2.24) is 9.80 Å². The number of carbonyl (C=O) groups excluding carboxylic acids is 3. The molecule has 156 valence electrons. The smallest absolute Gasteiger partial charge is 0.331 e. The van der Waals surface area contributed by atoms with E-state index in [-0.39, 0.29) is 19.1 Å². The van der Waals surface area contributed by atoms with Crippen molar-refractivity contribution in [3.63, 3.8) is 0 Å². The van der Waals surface area contributed by atoms with Crippen LogP contribution in [0.3, 0.4) is 0 Å². The molecular formula is C20H32N4O4. The number of nitrogens with two attached hydrogens (primary N) is 2. The Morgan fingerprint density at radius 2 is 1.71 bits per heavy atom. The highest BCUT2D eigenvalue weighted by Crippen LogP contribution is 2.12. The number of carbonyl (C=O) groups is 3. The lowest BCUT2D eigenvalue weighted by atomic mass is 10.0. The van der Waals surface area contributed by atoms with Crippen LogP contribution >= 0.6 is 0 Å². The first-order valence-corrected chi connectivity index (χ1v) is 9.34. The number of imide groups is 1. The predicted octanol–water partition coefficient (Wildman–Crippen LogP) is 0.347. The molecule has 0 aliphatic heterocycles. The van der Waals surface area contributed by atoms with Gasteiger partial charge in [0.05, 0.1) is 12.6 Å². The molecule has 0 heterocycles. The lowest BCUT2D eigenvalue weighted by Crippen LogP contribution is -2.58. The maximum Gasteiger partial charge on any atom is 0.331 e. The van der Waals surface area contributed by atoms with Crippen LogP contribution in [0, 0.1) is 5.92 Å². The molecule has 0 radical (unpaired) electrons. The summed E-state index contributed by atoms with van der Waals surface area (Å²) in [5.41, 5.74) is 12.3. The summed E-state index contributed by atoms with van der Waals surface area (Å²) in [6.45, 7) is 3.59. The molecule has 1 unspecified atom stereocenters. The molecule has 0 aliphatic rings. The molecule has 8 nitrogen and oxygen atoms in total. The van der Waals surface area contributed by atoms with Gasteiger partial charge in [-0.25, -0.2) is 4.79 Å². The standard InChI is InChI=1S/C20H32N4O4/c1-14(2)10-16(22)19(26)24(18(25)11-21)17(12-23(3)4)20(27)28-13-15-8-6-5-7-9-15/h5-9,14,16-17H,10-13,21-22H2,1-4H3/t16-,17?/m0/s1. The van der Waals surface area contributed by atoms with Crippen LogP contribution < -0.4 is 11.5 Å². The average Bonchev–Trinajstić information content (AvgIpc) is 2.65. The first-order chi connectivity index (χ1) is 13.2. The summed E-state index contributed by atoms with van der Waals surface area (Å²) < 4.78 is 5.38. The Morgan fingerprint density at radius 1 is 1.11 bits per heavy atom. The maximum atomic E-state index is 12.9. The monoisotopic (exact) mass is 392 g/mol. The Labute approximate surface area is 166 Å². The second-order valence-corrected chi connectivity index (χ2v) is 7.41. The van der Waals surface area contributed by atoms with Gasteiger partial charge in [0.15, 0.2) is 0 Å². The first kappa shape index (κ1) is 23.7. The fourth-order valence-electron chi connectivity index (χ4n) is 2.77. The van der Waals surface area contributed by atoms with Crippen molar-refractivity contribution in [2.24, 2.45) is 17.4 Å². The Hall–Kier alpha value is -2.29. The molecule has 1 rings (SSSR count). The highest BCUT2D eigenvalue weighted by molar-refractivity contribution is 6.02. The van der Waals surface area contributed by atoms with Gasteiger partial charge < -0.3 is 21.1 Å². The van der Waals surface area contributed by atoms with Crippen molar-refractivity contribution in [3.8, 4) is 0 Å². The van der Waals surface area contributed by atoms with E-state index in [1.165, 1.54) is 0 Å². The molecule has 0 aliphatic carbocycles. The van der Waals surface area contributed by atoms with Gasteiger partial charge in [0.25, 0.3) is 0 Å². The van der Waals surface area contributed by atoms with Crippen LogP contribution in [0.15, 0.2) is 30.3 Å². The van der Waals surface area contributed by atoms with Crippen LogP contribution in [0.2, 0.25) is 0 Å². The number of benzene rings is 1. The Morgan fingerprint density at radius 3 is 2.21 bits per heavy atom. The molecule has 2 amide bonds. The van der Waals surface area contributed by atoms with Gasteiger partial charge in [-0.2, -0.15) is 0 Å². The van der Waals surface area contributed by atoms with Crippen molar-refractivity contribution in [2.75, 3.05) is 27.2 Å². The van der Waals surface area contributed by atoms with Gasteiger partial charge in [-0.15, -0.1) is 0 Å².